The summed E-state index contributed by atoms with van der Waals surface area (Å²) in [4.78, 5) is 29.2. The van der Waals surface area contributed by atoms with Gasteiger partial charge in [0, 0.05) is 13.0 Å². The van der Waals surface area contributed by atoms with Crippen LogP contribution in [0.1, 0.15) is 41.5 Å². The minimum Gasteiger partial charge on any atom is -0.465 e. The molecule has 0 atom stereocenters. The first kappa shape index (κ1) is 20.5. The second kappa shape index (κ2) is 8.95. The van der Waals surface area contributed by atoms with Gasteiger partial charge in [-0.3, -0.25) is 4.79 Å². The lowest BCUT2D eigenvalue weighted by Gasteiger charge is -2.11. The first-order chi connectivity index (χ1) is 15.1. The third-order valence-electron chi connectivity index (χ3n) is 5.33. The van der Waals surface area contributed by atoms with Crippen LogP contribution in [-0.4, -0.2) is 32.8 Å². The zero-order valence-electron chi connectivity index (χ0n) is 17.6. The third-order valence-corrected chi connectivity index (χ3v) is 5.33. The van der Waals surface area contributed by atoms with Crippen molar-refractivity contribution in [2.45, 2.75) is 32.7 Å². The van der Waals surface area contributed by atoms with E-state index < -0.39 is 0 Å². The Morgan fingerprint density at radius 2 is 1.90 bits per heavy atom. The predicted molar refractivity (Wildman–Crippen MR) is 119 cm³/mol. The van der Waals surface area contributed by atoms with Gasteiger partial charge in [0.25, 0.3) is 5.56 Å². The first-order valence-electron chi connectivity index (χ1n) is 10.3. The Bertz CT molecular complexity index is 1270. The van der Waals surface area contributed by atoms with Crippen molar-refractivity contribution >= 4 is 17.0 Å². The molecule has 0 aliphatic carbocycles. The molecule has 0 bridgehead atoms. The summed E-state index contributed by atoms with van der Waals surface area (Å²) in [6.07, 6.45) is 4.44. The molecule has 0 unspecified atom stereocenters. The van der Waals surface area contributed by atoms with Crippen molar-refractivity contribution in [2.75, 3.05) is 7.11 Å². The van der Waals surface area contributed by atoms with Gasteiger partial charge in [-0.25, -0.2) is 14.9 Å². The lowest BCUT2D eigenvalue weighted by molar-refractivity contribution is 0.0601. The van der Waals surface area contributed by atoms with Gasteiger partial charge in [-0.1, -0.05) is 55.8 Å². The number of aromatic nitrogens is 4. The first-order valence-corrected chi connectivity index (χ1v) is 10.3. The Morgan fingerprint density at radius 3 is 2.65 bits per heavy atom. The van der Waals surface area contributed by atoms with E-state index in [-0.39, 0.29) is 11.5 Å². The number of nitrogens with zero attached hydrogens (tertiary/aromatic N) is 3. The fourth-order valence-corrected chi connectivity index (χ4v) is 3.74. The Kier molecular flexibility index (Phi) is 5.93. The van der Waals surface area contributed by atoms with Crippen LogP contribution in [0.25, 0.3) is 22.2 Å². The van der Waals surface area contributed by atoms with E-state index in [4.69, 9.17) is 4.74 Å². The summed E-state index contributed by atoms with van der Waals surface area (Å²) in [5.74, 6) is 0.522. The fraction of sp³-hybridized carbons (Fsp3) is 0.250. The number of methoxy groups -OCH3 is 1. The highest BCUT2D eigenvalue weighted by molar-refractivity contribution is 5.97. The second-order valence-electron chi connectivity index (χ2n) is 7.38. The largest absolute Gasteiger partial charge is 0.465 e. The number of benzene rings is 2. The average molecular weight is 416 g/mol. The summed E-state index contributed by atoms with van der Waals surface area (Å²) in [6, 6.07) is 15.4. The molecule has 4 rings (SSSR count). The third kappa shape index (κ3) is 4.12. The Hall–Kier alpha value is -3.74. The lowest BCUT2D eigenvalue weighted by atomic mass is 9.98. The minimum atomic E-state index is -0.363. The fourth-order valence-electron chi connectivity index (χ4n) is 3.74. The van der Waals surface area contributed by atoms with E-state index in [1.54, 1.807) is 12.3 Å². The normalized spacial score (nSPS) is 11.0. The van der Waals surface area contributed by atoms with Crippen LogP contribution in [0.5, 0.6) is 0 Å². The second-order valence-corrected chi connectivity index (χ2v) is 7.38. The predicted octanol–water partition coefficient (Wildman–Crippen LogP) is 3.96. The minimum absolute atomic E-state index is 0.239. The van der Waals surface area contributed by atoms with E-state index in [1.165, 1.54) is 7.11 Å². The number of aromatic amines is 1. The van der Waals surface area contributed by atoms with Crippen molar-refractivity contribution in [3.05, 3.63) is 82.0 Å². The van der Waals surface area contributed by atoms with Crippen LogP contribution in [0.15, 0.2) is 59.5 Å². The molecule has 1 N–H and O–H groups in total. The summed E-state index contributed by atoms with van der Waals surface area (Å²) >= 11 is 0. The molecule has 2 aromatic carbocycles. The van der Waals surface area contributed by atoms with Crippen molar-refractivity contribution in [3.8, 4) is 11.1 Å². The molecule has 31 heavy (non-hydrogen) atoms. The van der Waals surface area contributed by atoms with Gasteiger partial charge >= 0.3 is 5.97 Å². The number of carbonyl (C=O) groups is 1. The van der Waals surface area contributed by atoms with Gasteiger partial charge in [-0.2, -0.15) is 5.10 Å². The number of rotatable bonds is 7. The van der Waals surface area contributed by atoms with Crippen LogP contribution >= 0.6 is 0 Å². The number of nitrogens with one attached hydrogen (secondary N) is 1. The number of fused-ring (bicyclic) bond motifs is 1. The topological polar surface area (TPSA) is 89.9 Å². The van der Waals surface area contributed by atoms with E-state index >= 15 is 0 Å². The molecule has 7 nitrogen and oxygen atoms in total. The van der Waals surface area contributed by atoms with E-state index in [9.17, 15) is 9.59 Å². The average Bonchev–Trinajstić information content (AvgIpc) is 3.16. The summed E-state index contributed by atoms with van der Waals surface area (Å²) in [7, 11) is 1.38. The van der Waals surface area contributed by atoms with Gasteiger partial charge < -0.3 is 9.30 Å². The van der Waals surface area contributed by atoms with Gasteiger partial charge in [0.15, 0.2) is 0 Å². The zero-order chi connectivity index (χ0) is 21.8. The van der Waals surface area contributed by atoms with Crippen molar-refractivity contribution in [2.24, 2.45) is 0 Å². The van der Waals surface area contributed by atoms with Gasteiger partial charge in [0.1, 0.15) is 16.9 Å². The molecule has 0 saturated heterocycles. The number of esters is 1. The Balaban J connectivity index is 1.69. The van der Waals surface area contributed by atoms with E-state index in [2.05, 4.69) is 22.1 Å². The Morgan fingerprint density at radius 1 is 1.13 bits per heavy atom. The number of hydrogen-bond acceptors (Lipinski definition) is 5. The van der Waals surface area contributed by atoms with Gasteiger partial charge in [0.05, 0.1) is 18.9 Å². The van der Waals surface area contributed by atoms with Crippen LogP contribution < -0.4 is 5.56 Å². The standard InChI is InChI=1S/C24H24N4O3/c1-3-4-9-21-26-20-14-25-27-23(29)22(20)28(21)15-16-10-12-17(13-11-16)18-7-5-6-8-19(18)24(30)31-2/h5-8,10-14H,3-4,9,15H2,1-2H3,(H,27,29). The van der Waals surface area contributed by atoms with Crippen LogP contribution in [0, 0.1) is 0 Å². The highest BCUT2D eigenvalue weighted by Gasteiger charge is 2.15. The molecule has 7 heteroatoms. The maximum atomic E-state index is 12.4. The lowest BCUT2D eigenvalue weighted by Crippen LogP contribution is -2.14. The molecule has 0 aliphatic rings. The summed E-state index contributed by atoms with van der Waals surface area (Å²) in [5.41, 5.74) is 4.22. The molecule has 0 fully saturated rings. The molecule has 0 saturated carbocycles. The monoisotopic (exact) mass is 416 g/mol. The Labute approximate surface area is 179 Å². The molecule has 0 aliphatic heterocycles. The maximum absolute atomic E-state index is 12.4. The number of hydrogen-bond donors (Lipinski definition) is 1. The summed E-state index contributed by atoms with van der Waals surface area (Å²) in [5, 5.41) is 6.39. The number of H-pyrrole nitrogens is 1. The van der Waals surface area contributed by atoms with Gasteiger partial charge in [-0.15, -0.1) is 0 Å². The van der Waals surface area contributed by atoms with Crippen LogP contribution in [0.4, 0.5) is 0 Å². The van der Waals surface area contributed by atoms with Crippen molar-refractivity contribution in [1.29, 1.82) is 0 Å². The molecule has 0 spiro atoms. The van der Waals surface area contributed by atoms with Crippen molar-refractivity contribution < 1.29 is 9.53 Å². The van der Waals surface area contributed by atoms with Crippen LogP contribution in [0.2, 0.25) is 0 Å². The van der Waals surface area contributed by atoms with Gasteiger partial charge in [-0.05, 0) is 29.2 Å². The quantitative estimate of drug-likeness (QED) is 0.461. The molecule has 158 valence electrons. The highest BCUT2D eigenvalue weighted by Crippen LogP contribution is 2.25. The molecule has 0 radical (unpaired) electrons. The van der Waals surface area contributed by atoms with Crippen molar-refractivity contribution in [1.82, 2.24) is 19.7 Å². The van der Waals surface area contributed by atoms with E-state index in [0.717, 1.165) is 41.8 Å². The summed E-state index contributed by atoms with van der Waals surface area (Å²) < 4.78 is 6.88. The van der Waals surface area contributed by atoms with Crippen LogP contribution in [0.3, 0.4) is 0 Å². The van der Waals surface area contributed by atoms with E-state index in [1.807, 2.05) is 47.0 Å². The SMILES string of the molecule is CCCCc1nc2cn[nH]c(=O)c2n1Cc1ccc(-c2ccccc2C(=O)OC)cc1. The molecule has 0 amide bonds. The number of ether oxygens (including phenoxy) is 1. The number of carbonyl (C=O) groups excluding carboxylic acids is 1. The number of aryl methyl sites for hydroxylation is 1. The van der Waals surface area contributed by atoms with Crippen molar-refractivity contribution in [3.63, 3.8) is 0 Å². The number of unbranched alkanes of at least 4 members (excludes halogenated alkanes) is 1. The maximum Gasteiger partial charge on any atom is 0.338 e. The molecule has 2 heterocycles. The molecular formula is C24H24N4O3. The molecule has 2 aromatic heterocycles. The van der Waals surface area contributed by atoms with E-state index in [0.29, 0.717) is 23.1 Å². The van der Waals surface area contributed by atoms with Crippen LogP contribution in [-0.2, 0) is 17.7 Å². The summed E-state index contributed by atoms with van der Waals surface area (Å²) in [6.45, 7) is 2.66. The molecule has 4 aromatic rings. The zero-order valence-corrected chi connectivity index (χ0v) is 17.6. The number of imidazole rings is 1. The smallest absolute Gasteiger partial charge is 0.338 e. The highest BCUT2D eigenvalue weighted by atomic mass is 16.5. The van der Waals surface area contributed by atoms with Gasteiger partial charge in [0.2, 0.25) is 0 Å². The molecular weight excluding hydrogens is 392 g/mol.